The van der Waals surface area contributed by atoms with Gasteiger partial charge >= 0.3 is 0 Å². The molecule has 0 fully saturated rings. The third-order valence-electron chi connectivity index (χ3n) is 4.26. The van der Waals surface area contributed by atoms with E-state index >= 15 is 0 Å². The van der Waals surface area contributed by atoms with Gasteiger partial charge in [-0.05, 0) is 62.7 Å². The van der Waals surface area contributed by atoms with Crippen LogP contribution in [-0.4, -0.2) is 38.2 Å². The first kappa shape index (κ1) is 15.3. The lowest BCUT2D eigenvalue weighted by molar-refractivity contribution is 0.204. The Bertz CT molecular complexity index is 433. The van der Waals surface area contributed by atoms with E-state index in [0.29, 0.717) is 12.1 Å². The van der Waals surface area contributed by atoms with Crippen LogP contribution in [0.4, 0.5) is 0 Å². The fourth-order valence-electron chi connectivity index (χ4n) is 3.20. The van der Waals surface area contributed by atoms with Crippen LogP contribution in [0.1, 0.15) is 43.9 Å². The first-order valence-electron chi connectivity index (χ1n) is 7.81. The van der Waals surface area contributed by atoms with E-state index in [1.807, 2.05) is 0 Å². The molecule has 1 aromatic carbocycles. The highest BCUT2D eigenvalue weighted by Crippen LogP contribution is 2.36. The van der Waals surface area contributed by atoms with E-state index in [-0.39, 0.29) is 0 Å². The van der Waals surface area contributed by atoms with Gasteiger partial charge in [-0.2, -0.15) is 0 Å². The molecule has 112 valence electrons. The minimum atomic E-state index is 0.427. The highest BCUT2D eigenvalue weighted by atomic mass is 16.5. The van der Waals surface area contributed by atoms with E-state index in [1.165, 1.54) is 24.0 Å². The van der Waals surface area contributed by atoms with Crippen molar-refractivity contribution in [2.24, 2.45) is 0 Å². The van der Waals surface area contributed by atoms with E-state index in [0.717, 1.165) is 25.3 Å². The smallest absolute Gasteiger partial charge is 0.119 e. The van der Waals surface area contributed by atoms with Crippen molar-refractivity contribution in [2.45, 2.75) is 45.2 Å². The number of hydrogen-bond donors (Lipinski definition) is 1. The van der Waals surface area contributed by atoms with Crippen LogP contribution in [-0.2, 0) is 6.42 Å². The van der Waals surface area contributed by atoms with Crippen molar-refractivity contribution in [3.63, 3.8) is 0 Å². The van der Waals surface area contributed by atoms with Crippen molar-refractivity contribution in [1.29, 1.82) is 0 Å². The van der Waals surface area contributed by atoms with Gasteiger partial charge < -0.3 is 15.0 Å². The molecule has 2 unspecified atom stereocenters. The monoisotopic (exact) mass is 276 g/mol. The molecule has 0 aliphatic heterocycles. The van der Waals surface area contributed by atoms with Crippen molar-refractivity contribution in [3.8, 4) is 5.75 Å². The largest absolute Gasteiger partial charge is 0.497 e. The maximum atomic E-state index is 5.39. The molecule has 0 saturated heterocycles. The molecular formula is C17H28N2O. The molecule has 0 spiro atoms. The van der Waals surface area contributed by atoms with Crippen LogP contribution in [0.25, 0.3) is 0 Å². The van der Waals surface area contributed by atoms with Crippen LogP contribution in [0.2, 0.25) is 0 Å². The van der Waals surface area contributed by atoms with Crippen LogP contribution in [0.15, 0.2) is 18.2 Å². The standard InChI is InChI=1S/C17H28N2O/c1-5-9-18-17-15-12-14(20-4)8-7-13(15)11-16(17)19(3)10-6-2/h7-8,12,16-18H,5-6,9-11H2,1-4H3. The number of nitrogens with zero attached hydrogens (tertiary/aromatic N) is 1. The number of hydrogen-bond acceptors (Lipinski definition) is 3. The Hall–Kier alpha value is -1.06. The molecule has 0 saturated carbocycles. The highest BCUT2D eigenvalue weighted by Gasteiger charge is 2.34. The zero-order chi connectivity index (χ0) is 14.5. The van der Waals surface area contributed by atoms with E-state index in [2.05, 4.69) is 49.3 Å². The molecule has 1 N–H and O–H groups in total. The van der Waals surface area contributed by atoms with Gasteiger partial charge in [-0.1, -0.05) is 19.9 Å². The maximum absolute atomic E-state index is 5.39. The van der Waals surface area contributed by atoms with Crippen molar-refractivity contribution in [1.82, 2.24) is 10.2 Å². The third kappa shape index (κ3) is 3.15. The minimum absolute atomic E-state index is 0.427. The Balaban J connectivity index is 2.24. The fourth-order valence-corrected chi connectivity index (χ4v) is 3.20. The van der Waals surface area contributed by atoms with Crippen LogP contribution in [0.5, 0.6) is 5.75 Å². The van der Waals surface area contributed by atoms with E-state index in [4.69, 9.17) is 4.74 Å². The van der Waals surface area contributed by atoms with E-state index in [1.54, 1.807) is 7.11 Å². The van der Waals surface area contributed by atoms with Gasteiger partial charge in [-0.25, -0.2) is 0 Å². The van der Waals surface area contributed by atoms with Crippen molar-refractivity contribution >= 4 is 0 Å². The molecule has 0 amide bonds. The molecule has 0 bridgehead atoms. The number of nitrogens with one attached hydrogen (secondary N) is 1. The molecular weight excluding hydrogens is 248 g/mol. The summed E-state index contributed by atoms with van der Waals surface area (Å²) in [7, 11) is 3.99. The summed E-state index contributed by atoms with van der Waals surface area (Å²) in [4.78, 5) is 2.50. The Kier molecular flexibility index (Phi) is 5.44. The van der Waals surface area contributed by atoms with Crippen molar-refractivity contribution < 1.29 is 4.74 Å². The van der Waals surface area contributed by atoms with Gasteiger partial charge in [-0.3, -0.25) is 0 Å². The van der Waals surface area contributed by atoms with Gasteiger partial charge in [-0.15, -0.1) is 0 Å². The summed E-state index contributed by atoms with van der Waals surface area (Å²) in [6.45, 7) is 6.69. The minimum Gasteiger partial charge on any atom is -0.497 e. The molecule has 3 nitrogen and oxygen atoms in total. The topological polar surface area (TPSA) is 24.5 Å². The lowest BCUT2D eigenvalue weighted by Crippen LogP contribution is -2.41. The van der Waals surface area contributed by atoms with E-state index < -0.39 is 0 Å². The summed E-state index contributed by atoms with van der Waals surface area (Å²) in [5.41, 5.74) is 2.89. The molecule has 0 heterocycles. The Morgan fingerprint density at radius 3 is 2.75 bits per heavy atom. The summed E-state index contributed by atoms with van der Waals surface area (Å²) in [6, 6.07) is 7.51. The summed E-state index contributed by atoms with van der Waals surface area (Å²) in [6.07, 6.45) is 3.50. The van der Waals surface area contributed by atoms with Crippen LogP contribution >= 0.6 is 0 Å². The molecule has 1 aliphatic carbocycles. The average molecular weight is 276 g/mol. The van der Waals surface area contributed by atoms with Gasteiger partial charge in [0.25, 0.3) is 0 Å². The molecule has 1 aromatic rings. The zero-order valence-corrected chi connectivity index (χ0v) is 13.3. The second kappa shape index (κ2) is 7.09. The summed E-state index contributed by atoms with van der Waals surface area (Å²) in [5.74, 6) is 0.964. The average Bonchev–Trinajstić information content (AvgIpc) is 2.83. The first-order chi connectivity index (χ1) is 9.71. The normalized spacial score (nSPS) is 21.2. The lowest BCUT2D eigenvalue weighted by Gasteiger charge is -2.30. The lowest BCUT2D eigenvalue weighted by atomic mass is 10.1. The predicted molar refractivity (Wildman–Crippen MR) is 84.4 cm³/mol. The summed E-state index contributed by atoms with van der Waals surface area (Å²) < 4.78 is 5.39. The van der Waals surface area contributed by atoms with Crippen LogP contribution in [0.3, 0.4) is 0 Å². The molecule has 20 heavy (non-hydrogen) atoms. The summed E-state index contributed by atoms with van der Waals surface area (Å²) in [5, 5.41) is 3.73. The second-order valence-corrected chi connectivity index (χ2v) is 5.75. The number of likely N-dealkylation sites (N-methyl/N-ethyl adjacent to an activating group) is 1. The van der Waals surface area contributed by atoms with Crippen molar-refractivity contribution in [2.75, 3.05) is 27.2 Å². The SMILES string of the molecule is CCCNC1c2cc(OC)ccc2CC1N(C)CCC. The van der Waals surface area contributed by atoms with Crippen molar-refractivity contribution in [3.05, 3.63) is 29.3 Å². The molecule has 0 aromatic heterocycles. The van der Waals surface area contributed by atoms with Gasteiger partial charge in [0.05, 0.1) is 7.11 Å². The number of methoxy groups -OCH3 is 1. The number of ether oxygens (including phenoxy) is 1. The maximum Gasteiger partial charge on any atom is 0.119 e. The molecule has 1 aliphatic rings. The van der Waals surface area contributed by atoms with Crippen LogP contribution in [0, 0.1) is 0 Å². The Morgan fingerprint density at radius 1 is 1.30 bits per heavy atom. The van der Waals surface area contributed by atoms with E-state index in [9.17, 15) is 0 Å². The molecule has 0 radical (unpaired) electrons. The molecule has 2 rings (SSSR count). The highest BCUT2D eigenvalue weighted by molar-refractivity contribution is 5.42. The number of fused-ring (bicyclic) bond motifs is 1. The third-order valence-corrected chi connectivity index (χ3v) is 4.26. The zero-order valence-electron chi connectivity index (χ0n) is 13.3. The van der Waals surface area contributed by atoms with Gasteiger partial charge in [0, 0.05) is 12.1 Å². The van der Waals surface area contributed by atoms with Gasteiger partial charge in [0.15, 0.2) is 0 Å². The summed E-state index contributed by atoms with van der Waals surface area (Å²) >= 11 is 0. The Labute approximate surface area is 123 Å². The molecule has 3 heteroatoms. The van der Waals surface area contributed by atoms with Gasteiger partial charge in [0.1, 0.15) is 5.75 Å². The quantitative estimate of drug-likeness (QED) is 0.828. The Morgan fingerprint density at radius 2 is 2.10 bits per heavy atom. The van der Waals surface area contributed by atoms with Gasteiger partial charge in [0.2, 0.25) is 0 Å². The first-order valence-corrected chi connectivity index (χ1v) is 7.81. The number of benzene rings is 1. The second-order valence-electron chi connectivity index (χ2n) is 5.75. The number of rotatable bonds is 7. The van der Waals surface area contributed by atoms with Crippen LogP contribution < -0.4 is 10.1 Å². The fraction of sp³-hybridized carbons (Fsp3) is 0.647. The predicted octanol–water partition coefficient (Wildman–Crippen LogP) is 3.00. The molecule has 2 atom stereocenters.